The number of amides is 1. The molecule has 5 N–H and O–H groups in total. The van der Waals surface area contributed by atoms with Crippen LogP contribution in [0.1, 0.15) is 24.9 Å². The molecule has 0 spiro atoms. The van der Waals surface area contributed by atoms with E-state index in [-0.39, 0.29) is 30.0 Å². The first-order chi connectivity index (χ1) is 11.1. The molecule has 3 unspecified atom stereocenters. The van der Waals surface area contributed by atoms with Gasteiger partial charge in [0.1, 0.15) is 6.04 Å². The Morgan fingerprint density at radius 1 is 1.30 bits per heavy atom. The van der Waals surface area contributed by atoms with Crippen LogP contribution in [0, 0.1) is 5.92 Å². The lowest BCUT2D eigenvalue weighted by Crippen LogP contribution is -2.56. The molecule has 6 nitrogen and oxygen atoms in total. The summed E-state index contributed by atoms with van der Waals surface area (Å²) in [4.78, 5) is 12.5. The molecule has 1 amide bonds. The molecule has 2 heterocycles. The topological polar surface area (TPSA) is 85.4 Å². The van der Waals surface area contributed by atoms with E-state index in [2.05, 4.69) is 21.5 Å². The smallest absolute Gasteiger partial charge is 0.239 e. The van der Waals surface area contributed by atoms with E-state index in [1.165, 1.54) is 0 Å². The quantitative estimate of drug-likeness (QED) is 0.548. The minimum atomic E-state index is -0.538. The molecular weight excluding hydrogens is 316 g/mol. The van der Waals surface area contributed by atoms with Gasteiger partial charge in [0.05, 0.1) is 18.2 Å². The maximum absolute atomic E-state index is 12.5. The Morgan fingerprint density at radius 3 is 2.74 bits per heavy atom. The van der Waals surface area contributed by atoms with Gasteiger partial charge < -0.3 is 15.7 Å². The molecule has 126 valence electrons. The van der Waals surface area contributed by atoms with Gasteiger partial charge in [-0.2, -0.15) is 0 Å². The number of carbonyl (C=O) groups is 1. The monoisotopic (exact) mass is 338 g/mol. The predicted octanol–water partition coefficient (Wildman–Crippen LogP) is 0.333. The summed E-state index contributed by atoms with van der Waals surface area (Å²) in [5, 5.41) is 16.7. The van der Waals surface area contributed by atoms with Gasteiger partial charge in [0.25, 0.3) is 0 Å². The highest BCUT2D eigenvalue weighted by Crippen LogP contribution is 2.29. The van der Waals surface area contributed by atoms with Gasteiger partial charge in [-0.05, 0) is 30.7 Å². The molecule has 5 atom stereocenters. The number of β-amino-alcohol motifs (C(OH)–C–C–N with tert-alkyl or cyclic N) is 1. The number of nitrogens with one attached hydrogen (secondary N) is 4. The van der Waals surface area contributed by atoms with Crippen molar-refractivity contribution in [3.63, 3.8) is 0 Å². The zero-order valence-corrected chi connectivity index (χ0v) is 13.8. The molecule has 3 rings (SSSR count). The van der Waals surface area contributed by atoms with E-state index in [4.69, 9.17) is 11.6 Å². The van der Waals surface area contributed by atoms with Crippen LogP contribution in [0.2, 0.25) is 5.02 Å². The number of aliphatic hydroxyl groups is 1. The summed E-state index contributed by atoms with van der Waals surface area (Å²) in [7, 11) is 0. The van der Waals surface area contributed by atoms with E-state index in [0.717, 1.165) is 18.5 Å². The van der Waals surface area contributed by atoms with Gasteiger partial charge in [0, 0.05) is 17.5 Å². The van der Waals surface area contributed by atoms with Crippen molar-refractivity contribution in [1.29, 1.82) is 0 Å². The molecule has 1 aromatic carbocycles. The van der Waals surface area contributed by atoms with E-state index < -0.39 is 6.10 Å². The second kappa shape index (κ2) is 7.15. The van der Waals surface area contributed by atoms with Gasteiger partial charge in [0.2, 0.25) is 5.91 Å². The third kappa shape index (κ3) is 3.67. The normalized spacial score (nSPS) is 34.3. The standard InChI is InChI=1S/C16H23ClN4O2/c1-9-14(10-2-4-11(17)5-3-10)20-21-15(9)16(23)19-12-6-7-18-8-13(12)22/h2-5,9,12-15,18,20-22H,6-8H2,1H3,(H,19,23)/t9?,12-,13-,14?,15?/m1/s1. The van der Waals surface area contributed by atoms with Gasteiger partial charge in [-0.3, -0.25) is 4.79 Å². The summed E-state index contributed by atoms with van der Waals surface area (Å²) >= 11 is 5.93. The Kier molecular flexibility index (Phi) is 5.18. The molecule has 0 aromatic heterocycles. The van der Waals surface area contributed by atoms with Crippen molar-refractivity contribution in [3.05, 3.63) is 34.9 Å². The number of benzene rings is 1. The van der Waals surface area contributed by atoms with E-state index in [0.29, 0.717) is 11.6 Å². The lowest BCUT2D eigenvalue weighted by Gasteiger charge is -2.30. The highest BCUT2D eigenvalue weighted by atomic mass is 35.5. The van der Waals surface area contributed by atoms with Crippen LogP contribution in [-0.2, 0) is 4.79 Å². The zero-order chi connectivity index (χ0) is 16.4. The van der Waals surface area contributed by atoms with Crippen molar-refractivity contribution in [3.8, 4) is 0 Å². The van der Waals surface area contributed by atoms with Gasteiger partial charge in [0.15, 0.2) is 0 Å². The summed E-state index contributed by atoms with van der Waals surface area (Å²) in [5.74, 6) is 0.00227. The van der Waals surface area contributed by atoms with Crippen LogP contribution in [-0.4, -0.2) is 42.3 Å². The van der Waals surface area contributed by atoms with Crippen molar-refractivity contribution in [1.82, 2.24) is 21.5 Å². The molecule has 2 aliphatic rings. The predicted molar refractivity (Wildman–Crippen MR) is 88.8 cm³/mol. The van der Waals surface area contributed by atoms with Crippen LogP contribution in [0.4, 0.5) is 0 Å². The van der Waals surface area contributed by atoms with E-state index in [1.807, 2.05) is 31.2 Å². The second-order valence-electron chi connectivity index (χ2n) is 6.33. The molecular formula is C16H23ClN4O2. The molecule has 2 saturated heterocycles. The first kappa shape index (κ1) is 16.7. The highest BCUT2D eigenvalue weighted by Gasteiger charge is 2.39. The zero-order valence-electron chi connectivity index (χ0n) is 13.1. The average molecular weight is 339 g/mol. The van der Waals surface area contributed by atoms with E-state index in [9.17, 15) is 9.90 Å². The third-order valence-corrected chi connectivity index (χ3v) is 4.99. The average Bonchev–Trinajstić information content (AvgIpc) is 2.92. The number of hydrazine groups is 1. The Bertz CT molecular complexity index is 554. The van der Waals surface area contributed by atoms with Crippen LogP contribution >= 0.6 is 11.6 Å². The Labute approximate surface area is 140 Å². The van der Waals surface area contributed by atoms with Crippen molar-refractivity contribution >= 4 is 17.5 Å². The van der Waals surface area contributed by atoms with Crippen LogP contribution in [0.5, 0.6) is 0 Å². The SMILES string of the molecule is CC1C(C(=O)N[C@@H]2CCNC[C@H]2O)NNC1c1ccc(Cl)cc1. The van der Waals surface area contributed by atoms with E-state index in [1.54, 1.807) is 0 Å². The summed E-state index contributed by atoms with van der Waals surface area (Å²) in [5.41, 5.74) is 7.36. The lowest BCUT2D eigenvalue weighted by molar-refractivity contribution is -0.125. The summed E-state index contributed by atoms with van der Waals surface area (Å²) in [6, 6.07) is 7.16. The van der Waals surface area contributed by atoms with Crippen LogP contribution < -0.4 is 21.5 Å². The summed E-state index contributed by atoms with van der Waals surface area (Å²) < 4.78 is 0. The summed E-state index contributed by atoms with van der Waals surface area (Å²) in [6.45, 7) is 3.36. The highest BCUT2D eigenvalue weighted by molar-refractivity contribution is 6.30. The van der Waals surface area contributed by atoms with Crippen molar-refractivity contribution in [2.45, 2.75) is 37.6 Å². The third-order valence-electron chi connectivity index (χ3n) is 4.74. The maximum atomic E-state index is 12.5. The number of piperidine rings is 1. The molecule has 0 aliphatic carbocycles. The molecule has 2 aliphatic heterocycles. The number of hydrogen-bond donors (Lipinski definition) is 5. The molecule has 23 heavy (non-hydrogen) atoms. The van der Waals surface area contributed by atoms with Crippen molar-refractivity contribution < 1.29 is 9.90 Å². The fraction of sp³-hybridized carbons (Fsp3) is 0.562. The number of aliphatic hydroxyl groups excluding tert-OH is 1. The molecule has 1 aromatic rings. The molecule has 7 heteroatoms. The van der Waals surface area contributed by atoms with Crippen LogP contribution in [0.25, 0.3) is 0 Å². The fourth-order valence-corrected chi connectivity index (χ4v) is 3.41. The van der Waals surface area contributed by atoms with Crippen LogP contribution in [0.15, 0.2) is 24.3 Å². The van der Waals surface area contributed by atoms with Gasteiger partial charge in [-0.15, -0.1) is 0 Å². The van der Waals surface area contributed by atoms with E-state index >= 15 is 0 Å². The Hall–Kier alpha value is -1.18. The second-order valence-corrected chi connectivity index (χ2v) is 6.77. The largest absolute Gasteiger partial charge is 0.390 e. The first-order valence-corrected chi connectivity index (χ1v) is 8.39. The molecule has 0 radical (unpaired) electrons. The van der Waals surface area contributed by atoms with Gasteiger partial charge >= 0.3 is 0 Å². The lowest BCUT2D eigenvalue weighted by atomic mass is 9.90. The minimum Gasteiger partial charge on any atom is -0.390 e. The van der Waals surface area contributed by atoms with Crippen LogP contribution in [0.3, 0.4) is 0 Å². The molecule has 2 fully saturated rings. The van der Waals surface area contributed by atoms with Crippen molar-refractivity contribution in [2.75, 3.05) is 13.1 Å². The number of hydrogen-bond acceptors (Lipinski definition) is 5. The number of halogens is 1. The van der Waals surface area contributed by atoms with Gasteiger partial charge in [-0.1, -0.05) is 30.7 Å². The fourth-order valence-electron chi connectivity index (χ4n) is 3.28. The Morgan fingerprint density at radius 2 is 2.04 bits per heavy atom. The number of carbonyl (C=O) groups excluding carboxylic acids is 1. The maximum Gasteiger partial charge on any atom is 0.239 e. The first-order valence-electron chi connectivity index (χ1n) is 8.02. The molecule has 0 bridgehead atoms. The Balaban J connectivity index is 1.62. The van der Waals surface area contributed by atoms with Gasteiger partial charge in [-0.25, -0.2) is 10.9 Å². The summed E-state index contributed by atoms with van der Waals surface area (Å²) in [6.07, 6.45) is 0.201. The van der Waals surface area contributed by atoms with Crippen molar-refractivity contribution in [2.24, 2.45) is 5.92 Å². The minimum absolute atomic E-state index is 0.0426. The number of rotatable bonds is 3. The molecule has 0 saturated carbocycles.